The van der Waals surface area contributed by atoms with E-state index >= 15 is 35.1 Å². The standard InChI is InChI=1S/C24BF20.C18H18NO/c26-5-1(6(27)14(35)21(42)13(5)34)25(2-7(28)15(36)22(43)16(37)8(2)29,3-9(30)17(38)23(44)18(39)10(3)31)4-11(32)19(40)24(45)20(41)12(4)33;1-2-20-17-11-9-15(10-12-17)14-19-13-5-7-16-6-3-4-8-18(16)19/h;3-13H,2,14H2,1H3/q-1;+1. The van der Waals surface area contributed by atoms with Gasteiger partial charge >= 0.3 is 0 Å². The maximum atomic E-state index is 15.4. The second-order valence-electron chi connectivity index (χ2n) is 13.6. The van der Waals surface area contributed by atoms with E-state index < -0.39 is 144 Å². The number of hydrogen-bond acceptors (Lipinski definition) is 1. The first-order valence-corrected chi connectivity index (χ1v) is 17.9. The first kappa shape index (κ1) is 47.7. The van der Waals surface area contributed by atoms with Gasteiger partial charge in [0.15, 0.2) is 82.5 Å². The van der Waals surface area contributed by atoms with Crippen LogP contribution in [-0.2, 0) is 6.54 Å². The van der Waals surface area contributed by atoms with Gasteiger partial charge in [-0.25, -0.2) is 87.8 Å². The molecule has 0 radical (unpaired) electrons. The fraction of sp³-hybridized carbons (Fsp3) is 0.0714. The molecule has 0 saturated heterocycles. The zero-order chi connectivity index (χ0) is 48.1. The van der Waals surface area contributed by atoms with Crippen molar-refractivity contribution in [2.24, 2.45) is 0 Å². The summed E-state index contributed by atoms with van der Waals surface area (Å²) in [5.41, 5.74) is -11.8. The Bertz CT molecular complexity index is 2650. The molecule has 0 saturated carbocycles. The van der Waals surface area contributed by atoms with Crippen molar-refractivity contribution in [2.45, 2.75) is 13.5 Å². The molecule has 0 aliphatic rings. The molecule has 7 rings (SSSR count). The molecule has 6 aromatic carbocycles. The van der Waals surface area contributed by atoms with Crippen LogP contribution < -0.4 is 31.2 Å². The summed E-state index contributed by atoms with van der Waals surface area (Å²) in [7, 11) is 0. The average molecular weight is 943 g/mol. The van der Waals surface area contributed by atoms with Crippen LogP contribution in [0.2, 0.25) is 0 Å². The lowest BCUT2D eigenvalue weighted by Gasteiger charge is -2.44. The number of aromatic nitrogens is 1. The lowest BCUT2D eigenvalue weighted by molar-refractivity contribution is -0.662. The predicted octanol–water partition coefficient (Wildman–Crippen LogP) is 9.42. The molecule has 0 unspecified atom stereocenters. The summed E-state index contributed by atoms with van der Waals surface area (Å²) in [5, 5.41) is 1.26. The Labute approximate surface area is 350 Å². The molecule has 1 heterocycles. The molecule has 0 fully saturated rings. The first-order chi connectivity index (χ1) is 30.6. The molecule has 0 aliphatic carbocycles. The van der Waals surface area contributed by atoms with Gasteiger partial charge in [0.25, 0.3) is 0 Å². The topological polar surface area (TPSA) is 13.1 Å². The van der Waals surface area contributed by atoms with Crippen LogP contribution in [-0.4, -0.2) is 12.8 Å². The van der Waals surface area contributed by atoms with Crippen molar-refractivity contribution in [2.75, 3.05) is 6.61 Å². The van der Waals surface area contributed by atoms with E-state index in [0.29, 0.717) is 6.61 Å². The van der Waals surface area contributed by atoms with E-state index in [1.54, 1.807) is 0 Å². The molecular formula is C42H18BF20NO. The molecule has 23 heteroatoms. The van der Waals surface area contributed by atoms with Gasteiger partial charge in [0, 0.05) is 23.1 Å². The fourth-order valence-corrected chi connectivity index (χ4v) is 7.29. The van der Waals surface area contributed by atoms with Crippen LogP contribution in [0.3, 0.4) is 0 Å². The number of rotatable bonds is 8. The molecule has 0 spiro atoms. The van der Waals surface area contributed by atoms with E-state index in [1.807, 2.05) is 19.1 Å². The minimum atomic E-state index is -7.22. The van der Waals surface area contributed by atoms with Crippen LogP contribution in [0.5, 0.6) is 5.75 Å². The van der Waals surface area contributed by atoms with E-state index in [4.69, 9.17) is 4.74 Å². The maximum Gasteiger partial charge on any atom is 0.212 e. The average Bonchev–Trinajstić information content (AvgIpc) is 3.30. The molecule has 340 valence electrons. The number of pyridine rings is 1. The number of fused-ring (bicyclic) bond motifs is 1. The normalized spacial score (nSPS) is 11.6. The molecule has 65 heavy (non-hydrogen) atoms. The number of hydrogen-bond donors (Lipinski definition) is 0. The van der Waals surface area contributed by atoms with Crippen molar-refractivity contribution >= 4 is 38.9 Å². The Balaban J connectivity index is 0.000000289. The highest BCUT2D eigenvalue weighted by Gasteiger charge is 2.52. The summed E-state index contributed by atoms with van der Waals surface area (Å²) >= 11 is 0. The van der Waals surface area contributed by atoms with Crippen LogP contribution >= 0.6 is 0 Å². The van der Waals surface area contributed by atoms with Gasteiger partial charge in [-0.05, 0) is 43.3 Å². The van der Waals surface area contributed by atoms with Gasteiger partial charge in [0.1, 0.15) is 58.4 Å². The molecule has 1 aromatic heterocycles. The Morgan fingerprint density at radius 2 is 0.662 bits per heavy atom. The Kier molecular flexibility index (Phi) is 13.2. The smallest absolute Gasteiger partial charge is 0.212 e. The Hall–Kier alpha value is -6.81. The minimum absolute atomic E-state index is 0.706. The molecule has 7 aromatic rings. The summed E-state index contributed by atoms with van der Waals surface area (Å²) in [4.78, 5) is 0. The molecule has 0 aliphatic heterocycles. The van der Waals surface area contributed by atoms with Gasteiger partial charge in [-0.1, -0.05) is 12.1 Å². The van der Waals surface area contributed by atoms with Crippen molar-refractivity contribution in [1.29, 1.82) is 0 Å². The summed E-state index contributed by atoms with van der Waals surface area (Å²) in [6.07, 6.45) is -5.09. The fourth-order valence-electron chi connectivity index (χ4n) is 7.29. The number of benzene rings is 6. The number of nitrogens with zero attached hydrogens (tertiary/aromatic N) is 1. The highest BCUT2D eigenvalue weighted by atomic mass is 19.2. The van der Waals surface area contributed by atoms with Gasteiger partial charge in [0.05, 0.1) is 6.61 Å². The molecule has 2 nitrogen and oxygen atoms in total. The van der Waals surface area contributed by atoms with Crippen LogP contribution in [0.25, 0.3) is 10.9 Å². The highest BCUT2D eigenvalue weighted by Crippen LogP contribution is 2.31. The zero-order valence-corrected chi connectivity index (χ0v) is 31.8. The molecule has 0 amide bonds. The number of para-hydroxylation sites is 1. The van der Waals surface area contributed by atoms with Crippen molar-refractivity contribution in [1.82, 2.24) is 0 Å². The first-order valence-electron chi connectivity index (χ1n) is 17.9. The monoisotopic (exact) mass is 943 g/mol. The number of halogens is 20. The predicted molar refractivity (Wildman–Crippen MR) is 190 cm³/mol. The summed E-state index contributed by atoms with van der Waals surface area (Å²) < 4.78 is 302. The van der Waals surface area contributed by atoms with Crippen molar-refractivity contribution in [3.63, 3.8) is 0 Å². The third-order valence-corrected chi connectivity index (χ3v) is 10.1. The van der Waals surface area contributed by atoms with Gasteiger partial charge in [0.2, 0.25) is 5.52 Å². The summed E-state index contributed by atoms with van der Waals surface area (Å²) in [5.74, 6) is -70.5. The van der Waals surface area contributed by atoms with E-state index in [9.17, 15) is 52.7 Å². The largest absolute Gasteiger partial charge is 0.494 e. The van der Waals surface area contributed by atoms with Crippen LogP contribution in [0.15, 0.2) is 66.9 Å². The number of ether oxygens (including phenoxy) is 1. The molecule has 0 atom stereocenters. The minimum Gasteiger partial charge on any atom is -0.494 e. The lowest BCUT2D eigenvalue weighted by atomic mass is 9.12. The third kappa shape index (κ3) is 7.62. The molecule has 0 N–H and O–H groups in total. The second-order valence-corrected chi connectivity index (χ2v) is 13.6. The van der Waals surface area contributed by atoms with Gasteiger partial charge in [-0.3, -0.25) is 0 Å². The van der Waals surface area contributed by atoms with E-state index in [1.165, 1.54) is 16.5 Å². The van der Waals surface area contributed by atoms with Gasteiger partial charge < -0.3 is 4.74 Å². The van der Waals surface area contributed by atoms with Crippen LogP contribution in [0.1, 0.15) is 12.5 Å². The maximum absolute atomic E-state index is 15.4. The van der Waals surface area contributed by atoms with Crippen molar-refractivity contribution < 1.29 is 97.1 Å². The van der Waals surface area contributed by atoms with Crippen molar-refractivity contribution in [3.8, 4) is 5.75 Å². The lowest BCUT2D eigenvalue weighted by Crippen LogP contribution is -2.81. The Morgan fingerprint density at radius 3 is 0.985 bits per heavy atom. The second kappa shape index (κ2) is 18.0. The molecule has 0 bridgehead atoms. The van der Waals surface area contributed by atoms with Crippen LogP contribution in [0, 0.1) is 116 Å². The molecular weight excluding hydrogens is 925 g/mol. The van der Waals surface area contributed by atoms with Gasteiger partial charge in [-0.15, -0.1) is 21.9 Å². The summed E-state index contributed by atoms with van der Waals surface area (Å²) in [6.45, 7) is 3.57. The van der Waals surface area contributed by atoms with Crippen molar-refractivity contribution in [3.05, 3.63) is 189 Å². The quantitative estimate of drug-likeness (QED) is 0.0487. The SMILES string of the molecule is CCOc1ccc(C[n+]2cccc3ccccc32)cc1.Fc1c(F)c(F)c([B-](c2c(F)c(F)c(F)c(F)c2F)(c2c(F)c(F)c(F)c(F)c2F)c2c(F)c(F)c(F)c(F)c2F)c(F)c1F. The highest BCUT2D eigenvalue weighted by molar-refractivity contribution is 7.20. The van der Waals surface area contributed by atoms with E-state index in [2.05, 4.69) is 59.3 Å². The Morgan fingerprint density at radius 1 is 0.369 bits per heavy atom. The third-order valence-electron chi connectivity index (χ3n) is 10.1. The van der Waals surface area contributed by atoms with Gasteiger partial charge in [-0.2, -0.15) is 4.57 Å². The zero-order valence-electron chi connectivity index (χ0n) is 31.8. The van der Waals surface area contributed by atoms with Crippen LogP contribution in [0.4, 0.5) is 87.8 Å². The van der Waals surface area contributed by atoms with E-state index in [-0.39, 0.29) is 0 Å². The van der Waals surface area contributed by atoms with E-state index in [0.717, 1.165) is 12.3 Å². The summed E-state index contributed by atoms with van der Waals surface area (Å²) in [6, 6.07) is 21.0.